The van der Waals surface area contributed by atoms with E-state index in [0.717, 1.165) is 38.0 Å². The lowest BCUT2D eigenvalue weighted by Crippen LogP contribution is -2.42. The van der Waals surface area contributed by atoms with E-state index in [1.54, 1.807) is 6.07 Å². The molecule has 0 aromatic heterocycles. The van der Waals surface area contributed by atoms with Crippen LogP contribution in [0.4, 0.5) is 0 Å². The largest absolute Gasteiger partial charge is 0.462 e. The van der Waals surface area contributed by atoms with Gasteiger partial charge < -0.3 is 10.5 Å². The molecular weight excluding hydrogens is 240 g/mol. The molecule has 2 rings (SSSR count). The Bertz CT molecular complexity index is 434. The van der Waals surface area contributed by atoms with Crippen LogP contribution in [0.1, 0.15) is 35.7 Å². The number of esters is 1. The summed E-state index contributed by atoms with van der Waals surface area (Å²) in [5, 5.41) is 0. The summed E-state index contributed by atoms with van der Waals surface area (Å²) in [6.45, 7) is 5.09. The van der Waals surface area contributed by atoms with Crippen molar-refractivity contribution in [3.05, 3.63) is 35.4 Å². The summed E-state index contributed by atoms with van der Waals surface area (Å²) in [6, 6.07) is 7.94. The summed E-state index contributed by atoms with van der Waals surface area (Å²) in [7, 11) is 0. The molecular formula is C15H22N2O2. The maximum Gasteiger partial charge on any atom is 0.338 e. The van der Waals surface area contributed by atoms with Gasteiger partial charge in [-0.05, 0) is 44.0 Å². The van der Waals surface area contributed by atoms with E-state index in [1.165, 1.54) is 0 Å². The summed E-state index contributed by atoms with van der Waals surface area (Å²) in [6.07, 6.45) is 2.26. The zero-order valence-electron chi connectivity index (χ0n) is 11.5. The van der Waals surface area contributed by atoms with Crippen molar-refractivity contribution in [2.24, 2.45) is 5.73 Å². The van der Waals surface area contributed by atoms with Gasteiger partial charge in [-0.1, -0.05) is 12.1 Å². The lowest BCUT2D eigenvalue weighted by molar-refractivity contribution is 0.0526. The first kappa shape index (κ1) is 14.0. The van der Waals surface area contributed by atoms with E-state index in [9.17, 15) is 4.79 Å². The summed E-state index contributed by atoms with van der Waals surface area (Å²) in [4.78, 5) is 14.0. The number of carbonyl (C=O) groups excluding carboxylic acids is 1. The van der Waals surface area contributed by atoms with Crippen molar-refractivity contribution in [2.45, 2.75) is 32.4 Å². The molecule has 0 bridgehead atoms. The van der Waals surface area contributed by atoms with Gasteiger partial charge in [0.25, 0.3) is 0 Å². The Labute approximate surface area is 114 Å². The number of carbonyl (C=O) groups is 1. The van der Waals surface area contributed by atoms with Crippen molar-refractivity contribution < 1.29 is 9.53 Å². The molecule has 0 amide bonds. The van der Waals surface area contributed by atoms with Crippen LogP contribution in [-0.4, -0.2) is 36.6 Å². The third kappa shape index (κ3) is 4.04. The Balaban J connectivity index is 2.00. The van der Waals surface area contributed by atoms with Gasteiger partial charge in [0.2, 0.25) is 0 Å². The lowest BCUT2D eigenvalue weighted by Gasteiger charge is -2.30. The van der Waals surface area contributed by atoms with Crippen LogP contribution in [0, 0.1) is 0 Å². The van der Waals surface area contributed by atoms with E-state index in [0.29, 0.717) is 12.2 Å². The van der Waals surface area contributed by atoms with Gasteiger partial charge in [0.05, 0.1) is 12.2 Å². The van der Waals surface area contributed by atoms with Crippen molar-refractivity contribution in [1.29, 1.82) is 0 Å². The van der Waals surface area contributed by atoms with Crippen molar-refractivity contribution in [2.75, 3.05) is 19.7 Å². The third-order valence-corrected chi connectivity index (χ3v) is 3.39. The zero-order valence-corrected chi connectivity index (χ0v) is 11.5. The number of hydrogen-bond acceptors (Lipinski definition) is 4. The van der Waals surface area contributed by atoms with E-state index in [-0.39, 0.29) is 12.0 Å². The number of nitrogens with two attached hydrogens (primary N) is 1. The zero-order chi connectivity index (χ0) is 13.7. The molecule has 19 heavy (non-hydrogen) atoms. The molecule has 1 fully saturated rings. The second-order valence-corrected chi connectivity index (χ2v) is 5.06. The van der Waals surface area contributed by atoms with Crippen LogP contribution in [0.25, 0.3) is 0 Å². The molecule has 1 aliphatic heterocycles. The van der Waals surface area contributed by atoms with Crippen LogP contribution in [0.15, 0.2) is 24.3 Å². The number of rotatable bonds is 4. The van der Waals surface area contributed by atoms with Gasteiger partial charge in [-0.2, -0.15) is 0 Å². The average Bonchev–Trinajstić information content (AvgIpc) is 2.39. The van der Waals surface area contributed by atoms with Gasteiger partial charge in [0.1, 0.15) is 0 Å². The smallest absolute Gasteiger partial charge is 0.338 e. The van der Waals surface area contributed by atoms with Gasteiger partial charge in [-0.3, -0.25) is 4.90 Å². The number of nitrogens with zero attached hydrogens (tertiary/aromatic N) is 1. The predicted octanol–water partition coefficient (Wildman–Crippen LogP) is 1.79. The van der Waals surface area contributed by atoms with Gasteiger partial charge >= 0.3 is 5.97 Å². The van der Waals surface area contributed by atoms with Crippen LogP contribution in [0.5, 0.6) is 0 Å². The van der Waals surface area contributed by atoms with Gasteiger partial charge in [-0.15, -0.1) is 0 Å². The molecule has 104 valence electrons. The first-order valence-electron chi connectivity index (χ1n) is 6.93. The topological polar surface area (TPSA) is 55.6 Å². The second-order valence-electron chi connectivity index (χ2n) is 5.06. The molecule has 1 saturated heterocycles. The third-order valence-electron chi connectivity index (χ3n) is 3.39. The van der Waals surface area contributed by atoms with E-state index in [4.69, 9.17) is 10.5 Å². The Morgan fingerprint density at radius 1 is 1.53 bits per heavy atom. The lowest BCUT2D eigenvalue weighted by atomic mass is 10.0. The molecule has 4 heteroatoms. The van der Waals surface area contributed by atoms with Crippen molar-refractivity contribution in [3.8, 4) is 0 Å². The minimum absolute atomic E-state index is 0.250. The normalized spacial score (nSPS) is 20.2. The molecule has 1 heterocycles. The first-order chi connectivity index (χ1) is 9.19. The molecule has 1 unspecified atom stereocenters. The second kappa shape index (κ2) is 6.68. The minimum atomic E-state index is -0.250. The molecule has 1 aromatic rings. The Kier molecular flexibility index (Phi) is 4.93. The molecule has 4 nitrogen and oxygen atoms in total. The van der Waals surface area contributed by atoms with E-state index in [1.807, 2.05) is 25.1 Å². The molecule has 1 aliphatic rings. The maximum atomic E-state index is 11.7. The van der Waals surface area contributed by atoms with Crippen molar-refractivity contribution >= 4 is 5.97 Å². The molecule has 0 radical (unpaired) electrons. The number of hydrogen-bond donors (Lipinski definition) is 1. The fourth-order valence-electron chi connectivity index (χ4n) is 2.50. The standard InChI is InChI=1S/C15H22N2O2/c1-2-19-15(18)13-6-3-5-12(9-13)10-17-8-4-7-14(16)11-17/h3,5-6,9,14H,2,4,7-8,10-11,16H2,1H3. The summed E-state index contributed by atoms with van der Waals surface area (Å²) >= 11 is 0. The summed E-state index contributed by atoms with van der Waals surface area (Å²) in [5.74, 6) is -0.250. The minimum Gasteiger partial charge on any atom is -0.462 e. The van der Waals surface area contributed by atoms with E-state index < -0.39 is 0 Å². The molecule has 1 atom stereocenters. The molecule has 0 saturated carbocycles. The maximum absolute atomic E-state index is 11.7. The number of likely N-dealkylation sites (tertiary alicyclic amines) is 1. The van der Waals surface area contributed by atoms with E-state index >= 15 is 0 Å². The quantitative estimate of drug-likeness (QED) is 0.840. The van der Waals surface area contributed by atoms with Gasteiger partial charge in [-0.25, -0.2) is 4.79 Å². The van der Waals surface area contributed by atoms with Crippen molar-refractivity contribution in [1.82, 2.24) is 4.90 Å². The monoisotopic (exact) mass is 262 g/mol. The predicted molar refractivity (Wildman–Crippen MR) is 74.9 cm³/mol. The van der Waals surface area contributed by atoms with Crippen LogP contribution in [0.3, 0.4) is 0 Å². The highest BCUT2D eigenvalue weighted by Crippen LogP contribution is 2.14. The highest BCUT2D eigenvalue weighted by atomic mass is 16.5. The summed E-state index contributed by atoms with van der Waals surface area (Å²) in [5.41, 5.74) is 7.74. The Morgan fingerprint density at radius 2 is 2.37 bits per heavy atom. The fourth-order valence-corrected chi connectivity index (χ4v) is 2.50. The number of piperidine rings is 1. The fraction of sp³-hybridized carbons (Fsp3) is 0.533. The highest BCUT2D eigenvalue weighted by Gasteiger charge is 2.17. The van der Waals surface area contributed by atoms with Gasteiger partial charge in [0.15, 0.2) is 0 Å². The van der Waals surface area contributed by atoms with Crippen LogP contribution in [-0.2, 0) is 11.3 Å². The SMILES string of the molecule is CCOC(=O)c1cccc(CN2CCCC(N)C2)c1. The average molecular weight is 262 g/mol. The van der Waals surface area contributed by atoms with Gasteiger partial charge in [0, 0.05) is 19.1 Å². The number of benzene rings is 1. The first-order valence-corrected chi connectivity index (χ1v) is 6.93. The highest BCUT2D eigenvalue weighted by molar-refractivity contribution is 5.89. The summed E-state index contributed by atoms with van der Waals surface area (Å²) < 4.78 is 5.02. The molecule has 2 N–H and O–H groups in total. The van der Waals surface area contributed by atoms with Crippen LogP contribution >= 0.6 is 0 Å². The van der Waals surface area contributed by atoms with E-state index in [2.05, 4.69) is 4.90 Å². The Hall–Kier alpha value is -1.39. The van der Waals surface area contributed by atoms with Crippen molar-refractivity contribution in [3.63, 3.8) is 0 Å². The number of ether oxygens (including phenoxy) is 1. The van der Waals surface area contributed by atoms with Crippen LogP contribution < -0.4 is 5.73 Å². The molecule has 1 aromatic carbocycles. The Morgan fingerprint density at radius 3 is 3.11 bits per heavy atom. The molecule has 0 aliphatic carbocycles. The van der Waals surface area contributed by atoms with Crippen LogP contribution in [0.2, 0.25) is 0 Å². The molecule has 0 spiro atoms.